The van der Waals surface area contributed by atoms with Crippen molar-refractivity contribution in [2.75, 3.05) is 22.1 Å². The number of carbonyl (C=O) groups excluding carboxylic acids is 1. The zero-order valence-electron chi connectivity index (χ0n) is 18.4. The minimum Gasteiger partial charge on any atom is -0.478 e. The van der Waals surface area contributed by atoms with Crippen LogP contribution in [0.5, 0.6) is 0 Å². The number of carboxylic acids is 1. The number of para-hydroxylation sites is 2. The van der Waals surface area contributed by atoms with Crippen LogP contribution in [0.15, 0.2) is 77.7 Å². The molecule has 1 amide bonds. The molecule has 0 bridgehead atoms. The number of amides is 1. The first-order valence-corrected chi connectivity index (χ1v) is 11.9. The Morgan fingerprint density at radius 2 is 1.74 bits per heavy atom. The lowest BCUT2D eigenvalue weighted by Gasteiger charge is -2.13. The van der Waals surface area contributed by atoms with E-state index in [1.165, 1.54) is 47.1 Å². The highest BCUT2D eigenvalue weighted by molar-refractivity contribution is 7.92. The van der Waals surface area contributed by atoms with Crippen LogP contribution in [0.2, 0.25) is 0 Å². The highest BCUT2D eigenvalue weighted by Crippen LogP contribution is 2.26. The maximum absolute atomic E-state index is 13.0. The number of rotatable bonds is 8. The summed E-state index contributed by atoms with van der Waals surface area (Å²) < 4.78 is 34.8. The molecule has 4 N–H and O–H groups in total. The summed E-state index contributed by atoms with van der Waals surface area (Å²) in [7, 11) is -4.15. The van der Waals surface area contributed by atoms with Crippen molar-refractivity contribution in [1.82, 2.24) is 9.66 Å². The van der Waals surface area contributed by atoms with Gasteiger partial charge in [-0.1, -0.05) is 30.3 Å². The van der Waals surface area contributed by atoms with Crippen LogP contribution in [0.1, 0.15) is 17.3 Å². The molecule has 0 spiro atoms. The minimum absolute atomic E-state index is 0.0685. The molecule has 4 rings (SSSR count). The molecule has 0 saturated heterocycles. The first kappa shape index (κ1) is 23.6. The van der Waals surface area contributed by atoms with Crippen molar-refractivity contribution in [3.8, 4) is 0 Å². The zero-order valence-corrected chi connectivity index (χ0v) is 19.2. The molecular weight excluding hydrogens is 474 g/mol. The second-order valence-electron chi connectivity index (χ2n) is 7.20. The van der Waals surface area contributed by atoms with Crippen LogP contribution in [-0.4, -0.2) is 41.9 Å². The summed E-state index contributed by atoms with van der Waals surface area (Å²) in [4.78, 5) is 27.7. The number of hydrogen-bond acceptors (Lipinski definition) is 7. The number of fused-ring (bicyclic) bond motifs is 1. The summed E-state index contributed by atoms with van der Waals surface area (Å²) >= 11 is 0. The third kappa shape index (κ3) is 5.17. The van der Waals surface area contributed by atoms with Crippen molar-refractivity contribution in [2.24, 2.45) is 0 Å². The molecule has 0 atom stereocenters. The molecule has 3 aromatic carbocycles. The first-order chi connectivity index (χ1) is 16.8. The Morgan fingerprint density at radius 3 is 2.46 bits per heavy atom. The van der Waals surface area contributed by atoms with E-state index in [9.17, 15) is 23.1 Å². The second kappa shape index (κ2) is 9.73. The van der Waals surface area contributed by atoms with Crippen molar-refractivity contribution in [2.45, 2.75) is 11.8 Å². The molecule has 12 heteroatoms. The number of ether oxygens (including phenoxy) is 1. The molecular formula is C23H21N5O6S. The lowest BCUT2D eigenvalue weighted by molar-refractivity contribution is 0.0698. The molecule has 0 aliphatic rings. The molecule has 11 nitrogen and oxygen atoms in total. The lowest BCUT2D eigenvalue weighted by Crippen LogP contribution is -2.20. The quantitative estimate of drug-likeness (QED) is 0.286. The van der Waals surface area contributed by atoms with Crippen LogP contribution in [0.3, 0.4) is 0 Å². The van der Waals surface area contributed by atoms with Crippen molar-refractivity contribution in [3.05, 3.63) is 78.4 Å². The molecule has 1 aromatic heterocycles. The highest BCUT2D eigenvalue weighted by atomic mass is 32.2. The average molecular weight is 496 g/mol. The summed E-state index contributed by atoms with van der Waals surface area (Å²) in [5.41, 5.74) is 4.29. The Hall–Kier alpha value is -4.58. The van der Waals surface area contributed by atoms with Crippen LogP contribution in [0.4, 0.5) is 22.1 Å². The Balaban J connectivity index is 1.74. The molecule has 35 heavy (non-hydrogen) atoms. The predicted octanol–water partition coefficient (Wildman–Crippen LogP) is 3.98. The topological polar surface area (TPSA) is 152 Å². The maximum Gasteiger partial charge on any atom is 0.414 e. The van der Waals surface area contributed by atoms with E-state index in [-0.39, 0.29) is 34.2 Å². The van der Waals surface area contributed by atoms with E-state index >= 15 is 0 Å². The number of sulfonamides is 1. The SMILES string of the molecule is CCOC(=O)Nc1nc2cc(S(=O)(=O)Nc3ccccc3C(=O)O)ccc2n1Nc1ccccc1. The average Bonchev–Trinajstić information content (AvgIpc) is 3.15. The number of carbonyl (C=O) groups is 2. The number of hydrogen-bond donors (Lipinski definition) is 4. The highest BCUT2D eigenvalue weighted by Gasteiger charge is 2.21. The monoisotopic (exact) mass is 495 g/mol. The van der Waals surface area contributed by atoms with E-state index in [1.807, 2.05) is 30.3 Å². The lowest BCUT2D eigenvalue weighted by atomic mass is 10.2. The second-order valence-corrected chi connectivity index (χ2v) is 8.88. The predicted molar refractivity (Wildman–Crippen MR) is 130 cm³/mol. The van der Waals surface area contributed by atoms with Crippen LogP contribution in [0, 0.1) is 0 Å². The Kier molecular flexibility index (Phi) is 6.55. The largest absolute Gasteiger partial charge is 0.478 e. The number of nitrogens with zero attached hydrogens (tertiary/aromatic N) is 2. The van der Waals surface area contributed by atoms with Gasteiger partial charge < -0.3 is 9.84 Å². The van der Waals surface area contributed by atoms with E-state index in [1.54, 1.807) is 6.92 Å². The van der Waals surface area contributed by atoms with Gasteiger partial charge in [0, 0.05) is 0 Å². The standard InChI is InChI=1S/C23H21N5O6S/c1-2-34-23(31)25-22-24-19-14-16(12-13-20(19)28(22)26-15-8-4-3-5-9-15)35(32,33)27-18-11-7-6-10-17(18)21(29)30/h3-14,26-27H,2H2,1H3,(H,29,30)(H,24,25,31). The molecule has 0 aliphatic heterocycles. The number of benzene rings is 3. The number of imidazole rings is 1. The maximum atomic E-state index is 13.0. The third-order valence-electron chi connectivity index (χ3n) is 4.84. The van der Waals surface area contributed by atoms with Gasteiger partial charge in [-0.2, -0.15) is 0 Å². The van der Waals surface area contributed by atoms with Crippen LogP contribution >= 0.6 is 0 Å². The van der Waals surface area contributed by atoms with E-state index in [4.69, 9.17) is 4.74 Å². The van der Waals surface area contributed by atoms with Crippen molar-refractivity contribution in [3.63, 3.8) is 0 Å². The smallest absolute Gasteiger partial charge is 0.414 e. The van der Waals surface area contributed by atoms with Gasteiger partial charge in [0.1, 0.15) is 0 Å². The summed E-state index contributed by atoms with van der Waals surface area (Å²) in [6.45, 7) is 1.82. The summed E-state index contributed by atoms with van der Waals surface area (Å²) in [6.07, 6.45) is -0.723. The number of aromatic nitrogens is 2. The van der Waals surface area contributed by atoms with Gasteiger partial charge in [-0.3, -0.25) is 15.5 Å². The first-order valence-electron chi connectivity index (χ1n) is 10.4. The molecule has 0 saturated carbocycles. The molecule has 0 fully saturated rings. The Labute approximate surface area is 200 Å². The molecule has 0 unspecified atom stereocenters. The fourth-order valence-electron chi connectivity index (χ4n) is 3.29. The van der Waals surface area contributed by atoms with Crippen LogP contribution < -0.4 is 15.5 Å². The summed E-state index contributed by atoms with van der Waals surface area (Å²) in [5, 5.41) is 11.9. The molecule has 1 heterocycles. The van der Waals surface area contributed by atoms with E-state index < -0.39 is 22.1 Å². The molecule has 4 aromatic rings. The van der Waals surface area contributed by atoms with E-state index in [2.05, 4.69) is 20.4 Å². The van der Waals surface area contributed by atoms with E-state index in [0.29, 0.717) is 11.2 Å². The third-order valence-corrected chi connectivity index (χ3v) is 6.21. The molecule has 0 aliphatic carbocycles. The van der Waals surface area contributed by atoms with Gasteiger partial charge >= 0.3 is 12.1 Å². The van der Waals surface area contributed by atoms with Gasteiger partial charge in [-0.25, -0.2) is 27.7 Å². The van der Waals surface area contributed by atoms with E-state index in [0.717, 1.165) is 0 Å². The fourth-order valence-corrected chi connectivity index (χ4v) is 4.39. The number of nitrogens with one attached hydrogen (secondary N) is 3. The molecule has 180 valence electrons. The van der Waals surface area contributed by atoms with Gasteiger partial charge in [0.05, 0.1) is 39.5 Å². The van der Waals surface area contributed by atoms with Gasteiger partial charge in [-0.05, 0) is 49.4 Å². The van der Waals surface area contributed by atoms with Crippen molar-refractivity contribution >= 4 is 50.4 Å². The number of carboxylic acid groups (broad SMARTS) is 1. The summed E-state index contributed by atoms with van der Waals surface area (Å²) in [6, 6.07) is 19.0. The number of aromatic carboxylic acids is 1. The van der Waals surface area contributed by atoms with Gasteiger partial charge in [0.15, 0.2) is 0 Å². The van der Waals surface area contributed by atoms with Crippen LogP contribution in [-0.2, 0) is 14.8 Å². The fraction of sp³-hybridized carbons (Fsp3) is 0.0870. The van der Waals surface area contributed by atoms with Gasteiger partial charge in [0.2, 0.25) is 5.95 Å². The minimum atomic E-state index is -4.15. The normalized spacial score (nSPS) is 11.1. The Morgan fingerprint density at radius 1 is 1.03 bits per heavy atom. The Bertz CT molecular complexity index is 1500. The van der Waals surface area contributed by atoms with Crippen molar-refractivity contribution < 1.29 is 27.9 Å². The van der Waals surface area contributed by atoms with Crippen molar-refractivity contribution in [1.29, 1.82) is 0 Å². The van der Waals surface area contributed by atoms with Gasteiger partial charge in [0.25, 0.3) is 10.0 Å². The zero-order chi connectivity index (χ0) is 25.0. The number of anilines is 3. The molecule has 0 radical (unpaired) electrons. The summed E-state index contributed by atoms with van der Waals surface area (Å²) in [5.74, 6) is -1.18. The van der Waals surface area contributed by atoms with Crippen LogP contribution in [0.25, 0.3) is 11.0 Å². The van der Waals surface area contributed by atoms with Gasteiger partial charge in [-0.15, -0.1) is 0 Å².